The molecule has 73 heavy (non-hydrogen) atoms. The van der Waals surface area contributed by atoms with E-state index in [1.807, 2.05) is 0 Å². The number of carbonyl (C=O) groups excluding carboxylic acids is 3. The maximum atomic E-state index is 12.9. The van der Waals surface area contributed by atoms with E-state index < -0.39 is 6.10 Å². The van der Waals surface area contributed by atoms with Crippen molar-refractivity contribution in [3.63, 3.8) is 0 Å². The lowest BCUT2D eigenvalue weighted by Gasteiger charge is -2.18. The van der Waals surface area contributed by atoms with Gasteiger partial charge >= 0.3 is 17.9 Å². The van der Waals surface area contributed by atoms with Crippen LogP contribution in [-0.2, 0) is 28.6 Å². The van der Waals surface area contributed by atoms with Gasteiger partial charge in [-0.05, 0) is 128 Å². The van der Waals surface area contributed by atoms with Crippen LogP contribution in [0.3, 0.4) is 0 Å². The monoisotopic (exact) mass is 1010 g/mol. The van der Waals surface area contributed by atoms with Gasteiger partial charge in [0.2, 0.25) is 0 Å². The summed E-state index contributed by atoms with van der Waals surface area (Å²) < 4.78 is 16.9. The molecule has 416 valence electrons. The van der Waals surface area contributed by atoms with Gasteiger partial charge < -0.3 is 14.2 Å². The zero-order valence-electron chi connectivity index (χ0n) is 47.6. The summed E-state index contributed by atoms with van der Waals surface area (Å²) in [4.78, 5) is 38.2. The molecule has 0 rings (SSSR count). The first-order valence-electron chi connectivity index (χ1n) is 30.4. The summed E-state index contributed by atoms with van der Waals surface area (Å²) in [6.07, 6.45) is 82.2. The molecule has 0 aromatic rings. The topological polar surface area (TPSA) is 78.9 Å². The molecule has 0 bridgehead atoms. The van der Waals surface area contributed by atoms with E-state index in [1.165, 1.54) is 96.3 Å². The highest BCUT2D eigenvalue weighted by atomic mass is 16.6. The highest BCUT2D eigenvalue weighted by Gasteiger charge is 2.19. The molecule has 1 unspecified atom stereocenters. The fourth-order valence-electron chi connectivity index (χ4n) is 8.18. The van der Waals surface area contributed by atoms with E-state index >= 15 is 0 Å². The van der Waals surface area contributed by atoms with Crippen molar-refractivity contribution in [1.29, 1.82) is 0 Å². The fraction of sp³-hybridized carbons (Fsp3) is 0.687. The Labute approximate surface area is 450 Å². The van der Waals surface area contributed by atoms with Gasteiger partial charge in [-0.15, -0.1) is 0 Å². The van der Waals surface area contributed by atoms with Gasteiger partial charge in [-0.2, -0.15) is 0 Å². The van der Waals surface area contributed by atoms with E-state index in [1.54, 1.807) is 0 Å². The van der Waals surface area contributed by atoms with Crippen molar-refractivity contribution < 1.29 is 28.6 Å². The molecule has 0 aromatic carbocycles. The number of hydrogen-bond acceptors (Lipinski definition) is 6. The van der Waals surface area contributed by atoms with Crippen LogP contribution in [-0.4, -0.2) is 37.2 Å². The van der Waals surface area contributed by atoms with Crippen LogP contribution in [0, 0.1) is 0 Å². The zero-order valence-corrected chi connectivity index (χ0v) is 47.6. The zero-order chi connectivity index (χ0) is 52.9. The van der Waals surface area contributed by atoms with Crippen molar-refractivity contribution in [3.05, 3.63) is 109 Å². The van der Waals surface area contributed by atoms with Gasteiger partial charge in [0.15, 0.2) is 6.10 Å². The highest BCUT2D eigenvalue weighted by Crippen LogP contribution is 2.14. The van der Waals surface area contributed by atoms with Crippen LogP contribution in [0.15, 0.2) is 109 Å². The smallest absolute Gasteiger partial charge is 0.306 e. The van der Waals surface area contributed by atoms with Crippen LogP contribution in [0.2, 0.25) is 0 Å². The molecule has 0 radical (unpaired) electrons. The van der Waals surface area contributed by atoms with Crippen LogP contribution < -0.4 is 0 Å². The van der Waals surface area contributed by atoms with Gasteiger partial charge in [0.1, 0.15) is 13.2 Å². The van der Waals surface area contributed by atoms with Gasteiger partial charge in [-0.1, -0.05) is 239 Å². The number of hydrogen-bond donors (Lipinski definition) is 0. The molecule has 0 heterocycles. The highest BCUT2D eigenvalue weighted by molar-refractivity contribution is 5.71. The van der Waals surface area contributed by atoms with E-state index in [9.17, 15) is 14.4 Å². The molecule has 0 aliphatic heterocycles. The fourth-order valence-corrected chi connectivity index (χ4v) is 8.18. The third kappa shape index (κ3) is 58.8. The van der Waals surface area contributed by atoms with Crippen LogP contribution >= 0.6 is 0 Å². The molecule has 0 amide bonds. The van der Waals surface area contributed by atoms with Gasteiger partial charge in [0.25, 0.3) is 0 Å². The maximum Gasteiger partial charge on any atom is 0.306 e. The van der Waals surface area contributed by atoms with Crippen molar-refractivity contribution in [2.24, 2.45) is 0 Å². The summed E-state index contributed by atoms with van der Waals surface area (Å²) in [5.41, 5.74) is 0. The summed E-state index contributed by atoms with van der Waals surface area (Å²) in [6, 6.07) is 0. The molecule has 0 aromatic heterocycles. The van der Waals surface area contributed by atoms with E-state index in [2.05, 4.69) is 130 Å². The molecule has 0 N–H and O–H groups in total. The van der Waals surface area contributed by atoms with E-state index in [-0.39, 0.29) is 31.1 Å². The lowest BCUT2D eigenvalue weighted by molar-refractivity contribution is -0.167. The van der Waals surface area contributed by atoms with E-state index in [0.29, 0.717) is 19.3 Å². The van der Waals surface area contributed by atoms with Gasteiger partial charge in [0.05, 0.1) is 0 Å². The van der Waals surface area contributed by atoms with Gasteiger partial charge in [-0.25, -0.2) is 0 Å². The average molecular weight is 1010 g/mol. The molecule has 0 saturated heterocycles. The molecule has 0 spiro atoms. The summed E-state index contributed by atoms with van der Waals surface area (Å²) >= 11 is 0. The Morgan fingerprint density at radius 3 is 0.863 bits per heavy atom. The lowest BCUT2D eigenvalue weighted by atomic mass is 10.1. The van der Waals surface area contributed by atoms with Crippen LogP contribution in [0.4, 0.5) is 0 Å². The normalized spacial score (nSPS) is 12.9. The maximum absolute atomic E-state index is 12.9. The summed E-state index contributed by atoms with van der Waals surface area (Å²) in [7, 11) is 0. The predicted molar refractivity (Wildman–Crippen MR) is 316 cm³/mol. The van der Waals surface area contributed by atoms with Crippen LogP contribution in [0.5, 0.6) is 0 Å². The minimum absolute atomic E-state index is 0.0924. The standard InChI is InChI=1S/C67H112O6/c1-4-7-10-13-16-19-22-25-27-28-29-30-31-32-33-34-35-36-37-38-40-42-45-48-51-54-57-60-66(69)72-63-64(62-71-65(68)59-56-53-50-47-44-41-24-21-18-15-12-9-6-3)73-67(70)61-58-55-52-49-46-43-39-26-23-20-17-14-11-8-5-2/h7,10,16,19,21,24-27,29-30,32-33,35-36,38-40,64H,4-6,8-9,11-15,17-18,20,22-23,28,31,34,37,41-63H2,1-3H3/b10-7-,19-16-,24-21-,27-25-,30-29-,33-32-,36-35-,39-26-,40-38-. The van der Waals surface area contributed by atoms with Crippen LogP contribution in [0.1, 0.15) is 278 Å². The Morgan fingerprint density at radius 2 is 0.534 bits per heavy atom. The molecular weight excluding hydrogens is 901 g/mol. The number of esters is 3. The molecule has 0 aliphatic carbocycles. The molecule has 6 nitrogen and oxygen atoms in total. The minimum atomic E-state index is -0.796. The molecule has 0 aliphatic rings. The van der Waals surface area contributed by atoms with Crippen LogP contribution in [0.25, 0.3) is 0 Å². The van der Waals surface area contributed by atoms with Crippen molar-refractivity contribution >= 4 is 17.9 Å². The van der Waals surface area contributed by atoms with Crippen molar-refractivity contribution in [3.8, 4) is 0 Å². The Balaban J connectivity index is 4.38. The van der Waals surface area contributed by atoms with Crippen molar-refractivity contribution in [2.45, 2.75) is 284 Å². The number of allylic oxidation sites excluding steroid dienone is 18. The second kappa shape index (κ2) is 60.6. The molecular formula is C67H112O6. The predicted octanol–water partition coefficient (Wildman–Crippen LogP) is 20.7. The van der Waals surface area contributed by atoms with E-state index in [0.717, 1.165) is 141 Å². The third-order valence-electron chi connectivity index (χ3n) is 12.7. The minimum Gasteiger partial charge on any atom is -0.462 e. The van der Waals surface area contributed by atoms with E-state index in [4.69, 9.17) is 14.2 Å². The molecule has 1 atom stereocenters. The SMILES string of the molecule is CC/C=C\C/C=C\C/C=C\C/C=C\C/C=C\C/C=C\C/C=C\CCCCCCCC(=O)OCC(COC(=O)CCCCCCC/C=C\CCCCCC)OC(=O)CCCCCCC/C=C\CCCCCCCC. The summed E-state index contributed by atoms with van der Waals surface area (Å²) in [6.45, 7) is 6.48. The Hall–Kier alpha value is -3.93. The second-order valence-electron chi connectivity index (χ2n) is 19.9. The first kappa shape index (κ1) is 69.1. The second-order valence-corrected chi connectivity index (χ2v) is 19.9. The Kier molecular flexibility index (Phi) is 57.4. The third-order valence-corrected chi connectivity index (χ3v) is 12.7. The number of ether oxygens (including phenoxy) is 3. The quantitative estimate of drug-likeness (QED) is 0.0261. The number of unbranched alkanes of at least 4 members (excludes halogenated alkanes) is 25. The average Bonchev–Trinajstić information content (AvgIpc) is 3.39. The number of carbonyl (C=O) groups is 3. The summed E-state index contributed by atoms with van der Waals surface area (Å²) in [5, 5.41) is 0. The number of rotatable bonds is 54. The lowest BCUT2D eigenvalue weighted by Crippen LogP contribution is -2.30. The van der Waals surface area contributed by atoms with Crippen molar-refractivity contribution in [2.75, 3.05) is 13.2 Å². The summed E-state index contributed by atoms with van der Waals surface area (Å²) in [5.74, 6) is -0.926. The Bertz CT molecular complexity index is 1490. The molecule has 0 fully saturated rings. The van der Waals surface area contributed by atoms with Gasteiger partial charge in [-0.3, -0.25) is 14.4 Å². The van der Waals surface area contributed by atoms with Crippen molar-refractivity contribution in [1.82, 2.24) is 0 Å². The Morgan fingerprint density at radius 1 is 0.288 bits per heavy atom. The largest absolute Gasteiger partial charge is 0.462 e. The molecule has 0 saturated carbocycles. The first-order chi connectivity index (χ1) is 36.0. The first-order valence-corrected chi connectivity index (χ1v) is 30.4. The molecule has 6 heteroatoms. The van der Waals surface area contributed by atoms with Gasteiger partial charge in [0, 0.05) is 19.3 Å².